The molecule has 0 unspecified atom stereocenters. The van der Waals surface area contributed by atoms with Gasteiger partial charge in [-0.25, -0.2) is 0 Å². The van der Waals surface area contributed by atoms with Crippen LogP contribution in [0.15, 0.2) is 16.8 Å². The summed E-state index contributed by atoms with van der Waals surface area (Å²) in [7, 11) is 0. The predicted molar refractivity (Wildman–Crippen MR) is 60.6 cm³/mol. The first kappa shape index (κ1) is 9.76. The molecule has 0 fully saturated rings. The zero-order chi connectivity index (χ0) is 12.0. The van der Waals surface area contributed by atoms with Gasteiger partial charge in [-0.2, -0.15) is 14.8 Å². The SMILES string of the molecule is Cc1noc(-n2nc3c(N)ccnc3c2C)n1. The Hall–Kier alpha value is -2.44. The highest BCUT2D eigenvalue weighted by atomic mass is 16.5. The van der Waals surface area contributed by atoms with Crippen LogP contribution < -0.4 is 5.73 Å². The molecule has 2 N–H and O–H groups in total. The zero-order valence-electron chi connectivity index (χ0n) is 9.38. The van der Waals surface area contributed by atoms with Crippen LogP contribution >= 0.6 is 0 Å². The first-order valence-corrected chi connectivity index (χ1v) is 5.07. The number of fused-ring (bicyclic) bond motifs is 1. The van der Waals surface area contributed by atoms with E-state index < -0.39 is 0 Å². The molecule has 7 nitrogen and oxygen atoms in total. The molecule has 7 heteroatoms. The first-order chi connectivity index (χ1) is 8.16. The maximum atomic E-state index is 5.84. The van der Waals surface area contributed by atoms with Crippen molar-refractivity contribution in [3.05, 3.63) is 23.8 Å². The fourth-order valence-electron chi connectivity index (χ4n) is 1.67. The molecule has 0 aromatic carbocycles. The summed E-state index contributed by atoms with van der Waals surface area (Å²) < 4.78 is 6.62. The minimum absolute atomic E-state index is 0.317. The molecule has 3 rings (SSSR count). The molecule has 0 amide bonds. The van der Waals surface area contributed by atoms with E-state index >= 15 is 0 Å². The van der Waals surface area contributed by atoms with Crippen molar-refractivity contribution >= 4 is 16.7 Å². The van der Waals surface area contributed by atoms with Gasteiger partial charge >= 0.3 is 6.01 Å². The Morgan fingerprint density at radius 3 is 2.76 bits per heavy atom. The summed E-state index contributed by atoms with van der Waals surface area (Å²) in [6.07, 6.45) is 1.65. The molecule has 86 valence electrons. The average molecular weight is 230 g/mol. The van der Waals surface area contributed by atoms with Gasteiger partial charge in [-0.1, -0.05) is 5.16 Å². The highest BCUT2D eigenvalue weighted by molar-refractivity contribution is 5.87. The van der Waals surface area contributed by atoms with Crippen LogP contribution in [0.5, 0.6) is 0 Å². The largest absolute Gasteiger partial charge is 0.397 e. The third-order valence-electron chi connectivity index (χ3n) is 2.51. The smallest absolute Gasteiger partial charge is 0.349 e. The van der Waals surface area contributed by atoms with Gasteiger partial charge in [0.15, 0.2) is 5.82 Å². The predicted octanol–water partition coefficient (Wildman–Crippen LogP) is 1.00. The minimum atomic E-state index is 0.317. The maximum Gasteiger partial charge on any atom is 0.349 e. The van der Waals surface area contributed by atoms with E-state index in [-0.39, 0.29) is 0 Å². The van der Waals surface area contributed by atoms with Gasteiger partial charge in [-0.15, -0.1) is 0 Å². The highest BCUT2D eigenvalue weighted by Gasteiger charge is 2.15. The Kier molecular flexibility index (Phi) is 1.88. The van der Waals surface area contributed by atoms with E-state index in [1.807, 2.05) is 6.92 Å². The lowest BCUT2D eigenvalue weighted by Crippen LogP contribution is -1.99. The van der Waals surface area contributed by atoms with Crippen LogP contribution in [-0.4, -0.2) is 24.9 Å². The number of pyridine rings is 1. The van der Waals surface area contributed by atoms with Crippen LogP contribution in [0.2, 0.25) is 0 Å². The molecule has 3 aromatic rings. The van der Waals surface area contributed by atoms with Gasteiger partial charge < -0.3 is 10.3 Å². The van der Waals surface area contributed by atoms with Crippen molar-refractivity contribution in [3.8, 4) is 6.01 Å². The van der Waals surface area contributed by atoms with E-state index in [0.29, 0.717) is 23.0 Å². The molecule has 0 aliphatic rings. The first-order valence-electron chi connectivity index (χ1n) is 5.07. The Balaban J connectivity index is 2.31. The van der Waals surface area contributed by atoms with Gasteiger partial charge in [0.1, 0.15) is 11.0 Å². The normalized spacial score (nSPS) is 11.2. The summed E-state index contributed by atoms with van der Waals surface area (Å²) in [5, 5.41) is 8.06. The number of nitrogens with two attached hydrogens (primary N) is 1. The number of hydrogen-bond acceptors (Lipinski definition) is 6. The Bertz CT molecular complexity index is 698. The molecular formula is C10H10N6O. The lowest BCUT2D eigenvalue weighted by molar-refractivity contribution is 0.390. The van der Waals surface area contributed by atoms with Crippen LogP contribution in [-0.2, 0) is 0 Å². The summed E-state index contributed by atoms with van der Waals surface area (Å²) >= 11 is 0. The maximum absolute atomic E-state index is 5.84. The second-order valence-electron chi connectivity index (χ2n) is 3.72. The molecule has 0 atom stereocenters. The molecule has 0 bridgehead atoms. The van der Waals surface area contributed by atoms with Crippen molar-refractivity contribution in [2.75, 3.05) is 5.73 Å². The minimum Gasteiger partial charge on any atom is -0.397 e. The van der Waals surface area contributed by atoms with Crippen LogP contribution in [0.4, 0.5) is 5.69 Å². The molecule has 0 saturated heterocycles. The van der Waals surface area contributed by atoms with Crippen molar-refractivity contribution in [1.82, 2.24) is 24.9 Å². The second kappa shape index (κ2) is 3.27. The molecule has 17 heavy (non-hydrogen) atoms. The van der Waals surface area contributed by atoms with Gasteiger partial charge in [0.2, 0.25) is 0 Å². The Morgan fingerprint density at radius 2 is 2.12 bits per heavy atom. The van der Waals surface area contributed by atoms with Crippen molar-refractivity contribution in [3.63, 3.8) is 0 Å². The Morgan fingerprint density at radius 1 is 1.29 bits per heavy atom. The summed E-state index contributed by atoms with van der Waals surface area (Å²) in [4.78, 5) is 8.36. The van der Waals surface area contributed by atoms with E-state index in [1.54, 1.807) is 23.9 Å². The number of aryl methyl sites for hydroxylation is 2. The number of aromatic nitrogens is 5. The van der Waals surface area contributed by atoms with Gasteiger partial charge in [0.05, 0.1) is 11.4 Å². The highest BCUT2D eigenvalue weighted by Crippen LogP contribution is 2.22. The summed E-state index contributed by atoms with van der Waals surface area (Å²) in [6, 6.07) is 2.02. The van der Waals surface area contributed by atoms with Crippen molar-refractivity contribution < 1.29 is 4.52 Å². The van der Waals surface area contributed by atoms with Crippen LogP contribution in [0.1, 0.15) is 11.5 Å². The van der Waals surface area contributed by atoms with Crippen molar-refractivity contribution in [2.24, 2.45) is 0 Å². The van der Waals surface area contributed by atoms with Crippen LogP contribution in [0, 0.1) is 13.8 Å². The number of rotatable bonds is 1. The van der Waals surface area contributed by atoms with E-state index in [0.717, 1.165) is 11.2 Å². The number of nitrogen functional groups attached to an aromatic ring is 1. The second-order valence-corrected chi connectivity index (χ2v) is 3.72. The average Bonchev–Trinajstić information content (AvgIpc) is 2.85. The molecule has 3 heterocycles. The molecule has 0 aliphatic heterocycles. The van der Waals surface area contributed by atoms with Crippen molar-refractivity contribution in [2.45, 2.75) is 13.8 Å². The van der Waals surface area contributed by atoms with Gasteiger partial charge in [0.25, 0.3) is 0 Å². The van der Waals surface area contributed by atoms with Gasteiger partial charge in [-0.05, 0) is 19.9 Å². The summed E-state index contributed by atoms with van der Waals surface area (Å²) in [5.41, 5.74) is 8.61. The number of anilines is 1. The molecule has 0 spiro atoms. The molecule has 0 aliphatic carbocycles. The van der Waals surface area contributed by atoms with E-state index in [2.05, 4.69) is 20.2 Å². The van der Waals surface area contributed by atoms with Crippen molar-refractivity contribution in [1.29, 1.82) is 0 Å². The number of hydrogen-bond donors (Lipinski definition) is 1. The van der Waals surface area contributed by atoms with Crippen LogP contribution in [0.25, 0.3) is 17.0 Å². The third-order valence-corrected chi connectivity index (χ3v) is 2.51. The fraction of sp³-hybridized carbons (Fsp3) is 0.200. The molecule has 3 aromatic heterocycles. The molecular weight excluding hydrogens is 220 g/mol. The topological polar surface area (TPSA) is 95.7 Å². The van der Waals surface area contributed by atoms with E-state index in [1.165, 1.54) is 0 Å². The number of nitrogens with zero attached hydrogens (tertiary/aromatic N) is 5. The zero-order valence-corrected chi connectivity index (χ0v) is 9.38. The van der Waals surface area contributed by atoms with E-state index in [9.17, 15) is 0 Å². The quantitative estimate of drug-likeness (QED) is 0.670. The standard InChI is InChI=1S/C10H10N6O/c1-5-8-9(7(11)3-4-12-8)14-16(5)10-13-6(2)15-17-10/h3-4H,11H2,1-2H3. The Labute approximate surface area is 96.3 Å². The van der Waals surface area contributed by atoms with Crippen LogP contribution in [0.3, 0.4) is 0 Å². The molecule has 0 radical (unpaired) electrons. The molecule has 0 saturated carbocycles. The van der Waals surface area contributed by atoms with E-state index in [4.69, 9.17) is 10.3 Å². The lowest BCUT2D eigenvalue weighted by Gasteiger charge is -1.94. The summed E-state index contributed by atoms with van der Waals surface area (Å²) in [6.45, 7) is 3.62. The third kappa shape index (κ3) is 1.36. The van der Waals surface area contributed by atoms with Gasteiger partial charge in [-0.3, -0.25) is 4.98 Å². The fourth-order valence-corrected chi connectivity index (χ4v) is 1.67. The lowest BCUT2D eigenvalue weighted by atomic mass is 10.3. The summed E-state index contributed by atoms with van der Waals surface area (Å²) in [5.74, 6) is 0.555. The van der Waals surface area contributed by atoms with Gasteiger partial charge in [0, 0.05) is 6.20 Å². The monoisotopic (exact) mass is 230 g/mol.